The Morgan fingerprint density at radius 3 is 2.59 bits per heavy atom. The monoisotopic (exact) mass is 500 g/mol. The second kappa shape index (κ2) is 11.0. The van der Waals surface area contributed by atoms with Gasteiger partial charge >= 0.3 is 5.97 Å². The Labute approximate surface area is 219 Å². The van der Waals surface area contributed by atoms with Gasteiger partial charge in [-0.25, -0.2) is 0 Å². The fourth-order valence-electron chi connectivity index (χ4n) is 5.51. The van der Waals surface area contributed by atoms with Crippen LogP contribution in [-0.2, 0) is 22.6 Å². The Kier molecular flexibility index (Phi) is 7.49. The molecule has 2 aliphatic heterocycles. The van der Waals surface area contributed by atoms with E-state index < -0.39 is 5.97 Å². The predicted octanol–water partition coefficient (Wildman–Crippen LogP) is 5.59. The zero-order valence-corrected chi connectivity index (χ0v) is 21.5. The third kappa shape index (κ3) is 5.97. The lowest BCUT2D eigenvalue weighted by atomic mass is 9.78. The largest absolute Gasteiger partial charge is 0.489 e. The number of piperidine rings is 1. The maximum absolute atomic E-state index is 11.3. The fourth-order valence-corrected chi connectivity index (χ4v) is 5.51. The van der Waals surface area contributed by atoms with Crippen molar-refractivity contribution in [2.75, 3.05) is 31.2 Å². The molecule has 0 amide bonds. The van der Waals surface area contributed by atoms with E-state index in [0.717, 1.165) is 61.4 Å². The Morgan fingerprint density at radius 2 is 1.86 bits per heavy atom. The molecule has 0 saturated carbocycles. The van der Waals surface area contributed by atoms with E-state index >= 15 is 0 Å². The number of hydrogen-bond acceptors (Lipinski definition) is 5. The van der Waals surface area contributed by atoms with E-state index in [-0.39, 0.29) is 12.5 Å². The average molecular weight is 501 g/mol. The van der Waals surface area contributed by atoms with Gasteiger partial charge in [0.05, 0.1) is 13.0 Å². The van der Waals surface area contributed by atoms with Crippen LogP contribution in [0.3, 0.4) is 0 Å². The summed E-state index contributed by atoms with van der Waals surface area (Å²) in [5.41, 5.74) is 12.8. The molecule has 2 heterocycles. The molecule has 6 nitrogen and oxygen atoms in total. The van der Waals surface area contributed by atoms with Crippen molar-refractivity contribution in [2.45, 2.75) is 45.3 Å². The smallest absolute Gasteiger partial charge is 0.307 e. The third-order valence-electron chi connectivity index (χ3n) is 7.81. The summed E-state index contributed by atoms with van der Waals surface area (Å²) in [5, 5.41) is 9.28. The number of hydrogen-bond donors (Lipinski definition) is 2. The maximum atomic E-state index is 11.3. The normalized spacial score (nSPS) is 17.6. The second-order valence-corrected chi connectivity index (χ2v) is 10.6. The van der Waals surface area contributed by atoms with Crippen molar-refractivity contribution >= 4 is 11.7 Å². The van der Waals surface area contributed by atoms with E-state index in [1.54, 1.807) is 6.07 Å². The summed E-state index contributed by atoms with van der Waals surface area (Å²) in [6, 6.07) is 22.4. The molecule has 0 bridgehead atoms. The van der Waals surface area contributed by atoms with E-state index in [1.165, 1.54) is 12.1 Å². The molecule has 3 aromatic rings. The molecule has 3 N–H and O–H groups in total. The number of carboxylic acids is 1. The van der Waals surface area contributed by atoms with Crippen LogP contribution in [0.5, 0.6) is 5.75 Å². The molecule has 194 valence electrons. The second-order valence-electron chi connectivity index (χ2n) is 10.6. The van der Waals surface area contributed by atoms with Crippen molar-refractivity contribution in [3.63, 3.8) is 0 Å². The molecule has 0 aromatic heterocycles. The highest BCUT2D eigenvalue weighted by atomic mass is 16.5. The van der Waals surface area contributed by atoms with Gasteiger partial charge in [0.25, 0.3) is 0 Å². The summed E-state index contributed by atoms with van der Waals surface area (Å²) >= 11 is 0. The van der Waals surface area contributed by atoms with E-state index in [2.05, 4.69) is 47.4 Å². The van der Waals surface area contributed by atoms with Gasteiger partial charge in [0.15, 0.2) is 0 Å². The van der Waals surface area contributed by atoms with Crippen LogP contribution in [0.1, 0.15) is 48.9 Å². The zero-order valence-electron chi connectivity index (χ0n) is 21.5. The molecule has 2 aliphatic rings. The number of anilines is 1. The number of carbonyl (C=O) groups is 1. The molecule has 0 aliphatic carbocycles. The van der Waals surface area contributed by atoms with Crippen LogP contribution in [0.4, 0.5) is 5.69 Å². The molecule has 6 heteroatoms. The van der Waals surface area contributed by atoms with Gasteiger partial charge in [-0.3, -0.25) is 4.79 Å². The molecule has 1 unspecified atom stereocenters. The Balaban J connectivity index is 1.43. The highest BCUT2D eigenvalue weighted by molar-refractivity contribution is 5.72. The van der Waals surface area contributed by atoms with Crippen LogP contribution in [0.25, 0.3) is 11.1 Å². The van der Waals surface area contributed by atoms with E-state index in [0.29, 0.717) is 23.3 Å². The molecule has 5 rings (SSSR count). The molecule has 1 spiro atoms. The first kappa shape index (κ1) is 25.3. The minimum Gasteiger partial charge on any atom is -0.489 e. The van der Waals surface area contributed by atoms with Crippen molar-refractivity contribution in [1.29, 1.82) is 0 Å². The van der Waals surface area contributed by atoms with Gasteiger partial charge in [-0.05, 0) is 84.2 Å². The number of aliphatic carboxylic acids is 1. The fraction of sp³-hybridized carbons (Fsp3) is 0.387. The van der Waals surface area contributed by atoms with Gasteiger partial charge in [0, 0.05) is 37.0 Å². The standard InChI is InChI=1S/C31H36N2O4/c1-22(32)24-6-4-7-25(17-24)27-15-23(20-37-29-8-3-2-5-26(29)19-30(34)35)16-28(18-27)33-12-9-31(10-13-33)11-14-36-21-31/h2-8,15-18,22H,9-14,19-21,32H2,1H3,(H,34,35). The Hall–Kier alpha value is -3.35. The third-order valence-corrected chi connectivity index (χ3v) is 7.81. The van der Waals surface area contributed by atoms with Gasteiger partial charge < -0.3 is 25.2 Å². The van der Waals surface area contributed by atoms with E-state index in [1.807, 2.05) is 25.1 Å². The number of ether oxygens (including phenoxy) is 2. The first-order valence-electron chi connectivity index (χ1n) is 13.2. The molecule has 3 aromatic carbocycles. The summed E-state index contributed by atoms with van der Waals surface area (Å²) in [6.45, 7) is 6.15. The molecule has 0 radical (unpaired) electrons. The van der Waals surface area contributed by atoms with Crippen molar-refractivity contribution in [3.8, 4) is 16.9 Å². The summed E-state index contributed by atoms with van der Waals surface area (Å²) < 4.78 is 11.9. The summed E-state index contributed by atoms with van der Waals surface area (Å²) in [7, 11) is 0. The van der Waals surface area contributed by atoms with Crippen LogP contribution >= 0.6 is 0 Å². The highest BCUT2D eigenvalue weighted by Crippen LogP contribution is 2.41. The Bertz CT molecular complexity index is 1240. The van der Waals surface area contributed by atoms with Gasteiger partial charge in [-0.2, -0.15) is 0 Å². The summed E-state index contributed by atoms with van der Waals surface area (Å²) in [6.07, 6.45) is 3.39. The summed E-state index contributed by atoms with van der Waals surface area (Å²) in [5.74, 6) is -0.262. The van der Waals surface area contributed by atoms with Crippen LogP contribution in [0, 0.1) is 5.41 Å². The molecular formula is C31H36N2O4. The first-order chi connectivity index (χ1) is 17.9. The molecule has 1 atom stereocenters. The molecule has 2 saturated heterocycles. The quantitative estimate of drug-likeness (QED) is 0.420. The van der Waals surface area contributed by atoms with Gasteiger partial charge in [0.2, 0.25) is 0 Å². The van der Waals surface area contributed by atoms with Crippen LogP contribution in [0.15, 0.2) is 66.7 Å². The van der Waals surface area contributed by atoms with Gasteiger partial charge in [-0.15, -0.1) is 0 Å². The van der Waals surface area contributed by atoms with Crippen molar-refractivity contribution in [3.05, 3.63) is 83.4 Å². The number of nitrogens with zero attached hydrogens (tertiary/aromatic N) is 1. The number of benzene rings is 3. The number of para-hydroxylation sites is 1. The lowest BCUT2D eigenvalue weighted by Gasteiger charge is -2.39. The average Bonchev–Trinajstić information content (AvgIpc) is 3.36. The minimum atomic E-state index is -0.870. The Morgan fingerprint density at radius 1 is 1.05 bits per heavy atom. The van der Waals surface area contributed by atoms with Gasteiger partial charge in [-0.1, -0.05) is 36.4 Å². The van der Waals surface area contributed by atoms with E-state index in [9.17, 15) is 9.90 Å². The predicted molar refractivity (Wildman–Crippen MR) is 146 cm³/mol. The molecular weight excluding hydrogens is 464 g/mol. The molecule has 2 fully saturated rings. The van der Waals surface area contributed by atoms with Crippen molar-refractivity contribution < 1.29 is 19.4 Å². The summed E-state index contributed by atoms with van der Waals surface area (Å²) in [4.78, 5) is 13.8. The van der Waals surface area contributed by atoms with Crippen LogP contribution in [-0.4, -0.2) is 37.4 Å². The topological polar surface area (TPSA) is 85.0 Å². The van der Waals surface area contributed by atoms with Crippen molar-refractivity contribution in [1.82, 2.24) is 0 Å². The minimum absolute atomic E-state index is 0.0383. The van der Waals surface area contributed by atoms with E-state index in [4.69, 9.17) is 15.2 Å². The zero-order chi connectivity index (χ0) is 25.8. The lowest BCUT2D eigenvalue weighted by molar-refractivity contribution is -0.136. The maximum Gasteiger partial charge on any atom is 0.307 e. The van der Waals surface area contributed by atoms with Crippen LogP contribution in [0.2, 0.25) is 0 Å². The number of nitrogens with two attached hydrogens (primary N) is 1. The number of carboxylic acid groups (broad SMARTS) is 1. The molecule has 37 heavy (non-hydrogen) atoms. The highest BCUT2D eigenvalue weighted by Gasteiger charge is 2.38. The first-order valence-corrected chi connectivity index (χ1v) is 13.2. The van der Waals surface area contributed by atoms with Crippen LogP contribution < -0.4 is 15.4 Å². The van der Waals surface area contributed by atoms with Gasteiger partial charge in [0.1, 0.15) is 12.4 Å². The van der Waals surface area contributed by atoms with Crippen molar-refractivity contribution in [2.24, 2.45) is 11.1 Å². The SMILES string of the molecule is CC(N)c1cccc(-c2cc(COc3ccccc3CC(=O)O)cc(N3CCC4(CCOC4)CC3)c2)c1. The lowest BCUT2D eigenvalue weighted by Crippen LogP contribution is -2.40. The number of rotatable bonds is 8.